The van der Waals surface area contributed by atoms with E-state index >= 15 is 0 Å². The van der Waals surface area contributed by atoms with Gasteiger partial charge >= 0.3 is 0 Å². The number of aromatic nitrogens is 3. The normalized spacial score (nSPS) is 10.9. The molecule has 0 atom stereocenters. The number of hydrogen-bond acceptors (Lipinski definition) is 4. The maximum atomic E-state index is 5.94. The van der Waals surface area contributed by atoms with Crippen molar-refractivity contribution in [3.63, 3.8) is 0 Å². The smallest absolute Gasteiger partial charge is 0.247 e. The fourth-order valence-electron chi connectivity index (χ4n) is 1.51. The molecule has 0 unspecified atom stereocenters. The Balaban J connectivity index is 2.60. The zero-order valence-corrected chi connectivity index (χ0v) is 9.11. The lowest BCUT2D eigenvalue weighted by Crippen LogP contribution is -2.00. The number of nitrogen functional groups attached to an aromatic ring is 1. The van der Waals surface area contributed by atoms with Crippen molar-refractivity contribution in [2.75, 3.05) is 5.73 Å². The molecule has 2 aromatic heterocycles. The summed E-state index contributed by atoms with van der Waals surface area (Å²) in [7, 11) is 0. The summed E-state index contributed by atoms with van der Waals surface area (Å²) in [6.45, 7) is 6.48. The fourth-order valence-corrected chi connectivity index (χ4v) is 1.51. The van der Waals surface area contributed by atoms with Gasteiger partial charge in [-0.1, -0.05) is 0 Å². The van der Waals surface area contributed by atoms with Crippen LogP contribution in [0.1, 0.15) is 18.4 Å². The molecule has 2 heterocycles. The van der Waals surface area contributed by atoms with E-state index in [0.29, 0.717) is 11.6 Å². The van der Waals surface area contributed by atoms with Crippen molar-refractivity contribution in [1.82, 2.24) is 14.8 Å². The Bertz CT molecular complexity index is 484. The second kappa shape index (κ2) is 3.42. The van der Waals surface area contributed by atoms with Gasteiger partial charge in [0.1, 0.15) is 11.5 Å². The van der Waals surface area contributed by atoms with Crippen molar-refractivity contribution >= 4 is 5.69 Å². The monoisotopic (exact) mass is 206 g/mol. The van der Waals surface area contributed by atoms with Crippen LogP contribution >= 0.6 is 0 Å². The summed E-state index contributed by atoms with van der Waals surface area (Å²) < 4.78 is 7.26. The van der Waals surface area contributed by atoms with Crippen LogP contribution in [0.25, 0.3) is 11.6 Å². The summed E-state index contributed by atoms with van der Waals surface area (Å²) in [5, 5.41) is 4.31. The van der Waals surface area contributed by atoms with Crippen LogP contribution in [-0.2, 0) is 6.54 Å². The molecule has 2 aromatic rings. The van der Waals surface area contributed by atoms with Gasteiger partial charge in [-0.25, -0.2) is 4.98 Å². The zero-order chi connectivity index (χ0) is 11.0. The summed E-state index contributed by atoms with van der Waals surface area (Å²) in [6, 6.07) is 0. The molecular weight excluding hydrogens is 192 g/mol. The number of nitrogens with two attached hydrogens (primary N) is 1. The minimum Gasteiger partial charge on any atom is -0.440 e. The molecule has 80 valence electrons. The molecule has 0 fully saturated rings. The van der Waals surface area contributed by atoms with Crippen molar-refractivity contribution in [2.24, 2.45) is 0 Å². The second-order valence-electron chi connectivity index (χ2n) is 3.44. The molecule has 5 nitrogen and oxygen atoms in total. The van der Waals surface area contributed by atoms with Crippen LogP contribution < -0.4 is 5.73 Å². The quantitative estimate of drug-likeness (QED) is 0.812. The SMILES string of the molecule is CCn1nc(C)c(N)c1-c1ncc(C)o1. The predicted molar refractivity (Wildman–Crippen MR) is 57.3 cm³/mol. The lowest BCUT2D eigenvalue weighted by molar-refractivity contribution is 0.530. The van der Waals surface area contributed by atoms with Gasteiger partial charge in [-0.3, -0.25) is 4.68 Å². The molecule has 2 N–H and O–H groups in total. The molecule has 0 radical (unpaired) electrons. The summed E-state index contributed by atoms with van der Waals surface area (Å²) in [5.74, 6) is 1.30. The molecular formula is C10H14N4O. The molecule has 0 aromatic carbocycles. The second-order valence-corrected chi connectivity index (χ2v) is 3.44. The largest absolute Gasteiger partial charge is 0.440 e. The maximum absolute atomic E-state index is 5.94. The lowest BCUT2D eigenvalue weighted by atomic mass is 10.3. The summed E-state index contributed by atoms with van der Waals surface area (Å²) in [4.78, 5) is 4.16. The van der Waals surface area contributed by atoms with Crippen LogP contribution in [-0.4, -0.2) is 14.8 Å². The average Bonchev–Trinajstić information content (AvgIpc) is 2.73. The Labute approximate surface area is 87.9 Å². The predicted octanol–water partition coefficient (Wildman–Crippen LogP) is 1.76. The maximum Gasteiger partial charge on any atom is 0.247 e. The van der Waals surface area contributed by atoms with E-state index in [9.17, 15) is 0 Å². The average molecular weight is 206 g/mol. The van der Waals surface area contributed by atoms with E-state index in [2.05, 4.69) is 10.1 Å². The van der Waals surface area contributed by atoms with Gasteiger partial charge in [0.25, 0.3) is 0 Å². The minimum absolute atomic E-state index is 0.535. The third kappa shape index (κ3) is 1.49. The standard InChI is InChI=1S/C10H14N4O/c1-4-14-9(8(11)7(3)13-14)10-12-5-6(2)15-10/h5H,4,11H2,1-3H3. The zero-order valence-electron chi connectivity index (χ0n) is 9.11. The Morgan fingerprint density at radius 1 is 1.47 bits per heavy atom. The van der Waals surface area contributed by atoms with Crippen LogP contribution in [0.5, 0.6) is 0 Å². The van der Waals surface area contributed by atoms with E-state index in [1.54, 1.807) is 10.9 Å². The lowest BCUT2D eigenvalue weighted by Gasteiger charge is -2.00. The van der Waals surface area contributed by atoms with Crippen LogP contribution in [0.3, 0.4) is 0 Å². The van der Waals surface area contributed by atoms with E-state index in [1.807, 2.05) is 20.8 Å². The molecule has 0 spiro atoms. The van der Waals surface area contributed by atoms with E-state index in [0.717, 1.165) is 23.7 Å². The first-order chi connectivity index (χ1) is 7.13. The van der Waals surface area contributed by atoms with Crippen molar-refractivity contribution in [2.45, 2.75) is 27.3 Å². The van der Waals surface area contributed by atoms with E-state index < -0.39 is 0 Å². The molecule has 0 aliphatic heterocycles. The molecule has 5 heteroatoms. The molecule has 0 bridgehead atoms. The van der Waals surface area contributed by atoms with Gasteiger partial charge in [0.05, 0.1) is 17.6 Å². The van der Waals surface area contributed by atoms with Crippen molar-refractivity contribution in [1.29, 1.82) is 0 Å². The van der Waals surface area contributed by atoms with Crippen molar-refractivity contribution in [3.8, 4) is 11.6 Å². The highest BCUT2D eigenvalue weighted by Crippen LogP contribution is 2.27. The topological polar surface area (TPSA) is 69.9 Å². The number of aryl methyl sites for hydroxylation is 3. The number of oxazole rings is 1. The van der Waals surface area contributed by atoms with Crippen LogP contribution in [0.2, 0.25) is 0 Å². The molecule has 2 rings (SSSR count). The van der Waals surface area contributed by atoms with Crippen LogP contribution in [0.15, 0.2) is 10.6 Å². The fraction of sp³-hybridized carbons (Fsp3) is 0.400. The Morgan fingerprint density at radius 2 is 2.20 bits per heavy atom. The highest BCUT2D eigenvalue weighted by Gasteiger charge is 2.17. The minimum atomic E-state index is 0.535. The van der Waals surface area contributed by atoms with E-state index in [4.69, 9.17) is 10.2 Å². The first kappa shape index (κ1) is 9.76. The van der Waals surface area contributed by atoms with Gasteiger partial charge in [0.15, 0.2) is 0 Å². The molecule has 0 saturated carbocycles. The van der Waals surface area contributed by atoms with Gasteiger partial charge in [0, 0.05) is 6.54 Å². The summed E-state index contributed by atoms with van der Waals surface area (Å²) in [5.41, 5.74) is 8.15. The van der Waals surface area contributed by atoms with Gasteiger partial charge in [-0.05, 0) is 20.8 Å². The van der Waals surface area contributed by atoms with Crippen molar-refractivity contribution < 1.29 is 4.42 Å². The van der Waals surface area contributed by atoms with E-state index in [-0.39, 0.29) is 0 Å². The number of hydrogen-bond donors (Lipinski definition) is 1. The Morgan fingerprint density at radius 3 is 2.73 bits per heavy atom. The first-order valence-corrected chi connectivity index (χ1v) is 4.89. The molecule has 0 amide bonds. The molecule has 0 aliphatic carbocycles. The van der Waals surface area contributed by atoms with Gasteiger partial charge < -0.3 is 10.2 Å². The Hall–Kier alpha value is -1.78. The summed E-state index contributed by atoms with van der Waals surface area (Å²) in [6.07, 6.45) is 1.68. The molecule has 15 heavy (non-hydrogen) atoms. The van der Waals surface area contributed by atoms with Gasteiger partial charge in [0.2, 0.25) is 5.89 Å². The molecule has 0 aliphatic rings. The number of anilines is 1. The van der Waals surface area contributed by atoms with Crippen molar-refractivity contribution in [3.05, 3.63) is 17.7 Å². The summed E-state index contributed by atoms with van der Waals surface area (Å²) >= 11 is 0. The third-order valence-corrected chi connectivity index (χ3v) is 2.30. The highest BCUT2D eigenvalue weighted by atomic mass is 16.4. The molecule has 0 saturated heterocycles. The highest BCUT2D eigenvalue weighted by molar-refractivity contribution is 5.68. The van der Waals surface area contributed by atoms with E-state index in [1.165, 1.54) is 0 Å². The number of rotatable bonds is 2. The first-order valence-electron chi connectivity index (χ1n) is 4.89. The van der Waals surface area contributed by atoms with Crippen LogP contribution in [0, 0.1) is 13.8 Å². The van der Waals surface area contributed by atoms with Crippen LogP contribution in [0.4, 0.5) is 5.69 Å². The number of nitrogens with zero attached hydrogens (tertiary/aromatic N) is 3. The van der Waals surface area contributed by atoms with Gasteiger partial charge in [-0.15, -0.1) is 0 Å². The van der Waals surface area contributed by atoms with Gasteiger partial charge in [-0.2, -0.15) is 5.10 Å². The Kier molecular flexibility index (Phi) is 2.22. The third-order valence-electron chi connectivity index (χ3n) is 2.30.